The number of benzene rings is 3. The molecule has 0 heterocycles. The van der Waals surface area contributed by atoms with E-state index in [-0.39, 0.29) is 16.1 Å². The topological polar surface area (TPSA) is 102 Å². The monoisotopic (exact) mass is 412 g/mol. The lowest BCUT2D eigenvalue weighted by molar-refractivity contribution is -0.117. The van der Waals surface area contributed by atoms with Gasteiger partial charge in [0.25, 0.3) is 0 Å². The van der Waals surface area contributed by atoms with Crippen molar-refractivity contribution < 1.29 is 22.7 Å². The minimum atomic E-state index is -3.92. The van der Waals surface area contributed by atoms with Crippen molar-refractivity contribution in [3.8, 4) is 0 Å². The van der Waals surface area contributed by atoms with E-state index in [1.165, 1.54) is 32.2 Å². The van der Waals surface area contributed by atoms with Crippen LogP contribution in [0.15, 0.2) is 71.6 Å². The second-order valence-electron chi connectivity index (χ2n) is 6.38. The molecule has 3 aromatic rings. The molecular weight excluding hydrogens is 392 g/mol. The van der Waals surface area contributed by atoms with Crippen molar-refractivity contribution >= 4 is 38.4 Å². The van der Waals surface area contributed by atoms with Crippen LogP contribution < -0.4 is 10.0 Å². The summed E-state index contributed by atoms with van der Waals surface area (Å²) in [4.78, 5) is 24.4. The standard InChI is InChI=1S/C21H20N2O5S/c1-14(20(24)22-19-10-6-5-9-18(19)21(25)28-2)23-29(26,27)17-12-11-15-7-3-4-8-16(15)13-17/h3-14,23H,1-2H3,(H,22,24)/t14-/m0/s1. The molecule has 0 bridgehead atoms. The van der Waals surface area contributed by atoms with Crippen LogP contribution in [0.1, 0.15) is 17.3 Å². The lowest BCUT2D eigenvalue weighted by Gasteiger charge is -2.16. The Bertz CT molecular complexity index is 1170. The average molecular weight is 412 g/mol. The Morgan fingerprint density at radius 2 is 1.59 bits per heavy atom. The van der Waals surface area contributed by atoms with E-state index in [9.17, 15) is 18.0 Å². The van der Waals surface area contributed by atoms with Gasteiger partial charge in [0.05, 0.1) is 29.3 Å². The Kier molecular flexibility index (Phi) is 5.95. The summed E-state index contributed by atoms with van der Waals surface area (Å²) in [6.07, 6.45) is 0. The molecule has 2 N–H and O–H groups in total. The molecular formula is C21H20N2O5S. The number of sulfonamides is 1. The third-order valence-corrected chi connectivity index (χ3v) is 5.89. The number of fused-ring (bicyclic) bond motifs is 1. The van der Waals surface area contributed by atoms with Crippen LogP contribution in [0.3, 0.4) is 0 Å². The van der Waals surface area contributed by atoms with Gasteiger partial charge in [0.2, 0.25) is 15.9 Å². The van der Waals surface area contributed by atoms with Crippen LogP contribution in [0.5, 0.6) is 0 Å². The molecule has 150 valence electrons. The lowest BCUT2D eigenvalue weighted by atomic mass is 10.1. The third-order valence-electron chi connectivity index (χ3n) is 4.35. The molecule has 3 aromatic carbocycles. The van der Waals surface area contributed by atoms with E-state index in [2.05, 4.69) is 10.0 Å². The molecule has 0 saturated heterocycles. The van der Waals surface area contributed by atoms with Crippen molar-refractivity contribution in [2.24, 2.45) is 0 Å². The van der Waals surface area contributed by atoms with Gasteiger partial charge in [-0.15, -0.1) is 0 Å². The molecule has 3 rings (SSSR count). The summed E-state index contributed by atoms with van der Waals surface area (Å²) in [5.41, 5.74) is 0.411. The van der Waals surface area contributed by atoms with E-state index in [0.29, 0.717) is 0 Å². The van der Waals surface area contributed by atoms with Crippen molar-refractivity contribution in [3.63, 3.8) is 0 Å². The average Bonchev–Trinajstić information content (AvgIpc) is 2.72. The van der Waals surface area contributed by atoms with E-state index in [4.69, 9.17) is 4.74 Å². The van der Waals surface area contributed by atoms with Gasteiger partial charge in [0, 0.05) is 0 Å². The molecule has 0 unspecified atom stereocenters. The predicted octanol–water partition coefficient (Wildman–Crippen LogP) is 2.93. The SMILES string of the molecule is COC(=O)c1ccccc1NC(=O)[C@H](C)NS(=O)(=O)c1ccc2ccccc2c1. The molecule has 7 nitrogen and oxygen atoms in total. The number of ether oxygens (including phenoxy) is 1. The van der Waals surface area contributed by atoms with Crippen molar-refractivity contribution in [1.82, 2.24) is 4.72 Å². The van der Waals surface area contributed by atoms with Gasteiger partial charge in [-0.25, -0.2) is 13.2 Å². The molecule has 29 heavy (non-hydrogen) atoms. The van der Waals surface area contributed by atoms with Crippen LogP contribution in [0, 0.1) is 0 Å². The minimum absolute atomic E-state index is 0.0609. The predicted molar refractivity (Wildman–Crippen MR) is 110 cm³/mol. The number of rotatable bonds is 6. The number of hydrogen-bond acceptors (Lipinski definition) is 5. The van der Waals surface area contributed by atoms with E-state index in [1.807, 2.05) is 24.3 Å². The Morgan fingerprint density at radius 1 is 0.931 bits per heavy atom. The Morgan fingerprint density at radius 3 is 2.31 bits per heavy atom. The van der Waals surface area contributed by atoms with Crippen LogP contribution in [0.4, 0.5) is 5.69 Å². The number of nitrogens with one attached hydrogen (secondary N) is 2. The highest BCUT2D eigenvalue weighted by Gasteiger charge is 2.23. The largest absolute Gasteiger partial charge is 0.465 e. The first kappa shape index (κ1) is 20.5. The lowest BCUT2D eigenvalue weighted by Crippen LogP contribution is -2.41. The summed E-state index contributed by atoms with van der Waals surface area (Å²) in [5.74, 6) is -1.21. The fourth-order valence-electron chi connectivity index (χ4n) is 2.81. The van der Waals surface area contributed by atoms with Gasteiger partial charge in [-0.1, -0.05) is 42.5 Å². The van der Waals surface area contributed by atoms with Crippen LogP contribution >= 0.6 is 0 Å². The number of carbonyl (C=O) groups is 2. The molecule has 0 aliphatic carbocycles. The molecule has 0 aromatic heterocycles. The smallest absolute Gasteiger partial charge is 0.339 e. The highest BCUT2D eigenvalue weighted by molar-refractivity contribution is 7.89. The summed E-state index contributed by atoms with van der Waals surface area (Å²) >= 11 is 0. The molecule has 1 amide bonds. The zero-order valence-electron chi connectivity index (χ0n) is 15.9. The number of methoxy groups -OCH3 is 1. The number of hydrogen-bond donors (Lipinski definition) is 2. The normalized spacial score (nSPS) is 12.3. The van der Waals surface area contributed by atoms with E-state index in [1.54, 1.807) is 24.3 Å². The molecule has 1 atom stereocenters. The van der Waals surface area contributed by atoms with Gasteiger partial charge >= 0.3 is 5.97 Å². The van der Waals surface area contributed by atoms with Gasteiger partial charge in [-0.3, -0.25) is 4.79 Å². The summed E-state index contributed by atoms with van der Waals surface area (Å²) in [7, 11) is -2.68. The molecule has 0 aliphatic rings. The zero-order valence-corrected chi connectivity index (χ0v) is 16.7. The Hall–Kier alpha value is -3.23. The molecule has 8 heteroatoms. The fourth-order valence-corrected chi connectivity index (χ4v) is 4.05. The fraction of sp³-hybridized carbons (Fsp3) is 0.143. The highest BCUT2D eigenvalue weighted by atomic mass is 32.2. The van der Waals surface area contributed by atoms with E-state index < -0.39 is 27.9 Å². The van der Waals surface area contributed by atoms with Crippen molar-refractivity contribution in [2.75, 3.05) is 12.4 Å². The minimum Gasteiger partial charge on any atom is -0.465 e. The second-order valence-corrected chi connectivity index (χ2v) is 8.09. The molecule has 0 spiro atoms. The van der Waals surface area contributed by atoms with Gasteiger partial charge in [-0.05, 0) is 42.0 Å². The number of anilines is 1. The van der Waals surface area contributed by atoms with E-state index in [0.717, 1.165) is 10.8 Å². The van der Waals surface area contributed by atoms with Crippen LogP contribution in [-0.2, 0) is 19.6 Å². The molecule has 0 radical (unpaired) electrons. The zero-order chi connectivity index (χ0) is 21.0. The molecule has 0 saturated carbocycles. The summed E-state index contributed by atoms with van der Waals surface area (Å²) in [6, 6.07) is 17.4. The highest BCUT2D eigenvalue weighted by Crippen LogP contribution is 2.20. The second kappa shape index (κ2) is 8.42. The number of amides is 1. The van der Waals surface area contributed by atoms with Crippen LogP contribution in [0.25, 0.3) is 10.8 Å². The third kappa shape index (κ3) is 4.61. The van der Waals surface area contributed by atoms with Crippen molar-refractivity contribution in [2.45, 2.75) is 17.9 Å². The maximum absolute atomic E-state index is 12.7. The first-order chi connectivity index (χ1) is 13.8. The van der Waals surface area contributed by atoms with Gasteiger partial charge in [0.1, 0.15) is 0 Å². The van der Waals surface area contributed by atoms with Gasteiger partial charge < -0.3 is 10.1 Å². The van der Waals surface area contributed by atoms with E-state index >= 15 is 0 Å². The quantitative estimate of drug-likeness (QED) is 0.606. The van der Waals surface area contributed by atoms with Crippen molar-refractivity contribution in [3.05, 3.63) is 72.3 Å². The Balaban J connectivity index is 1.77. The van der Waals surface area contributed by atoms with Crippen LogP contribution in [-0.4, -0.2) is 33.4 Å². The maximum Gasteiger partial charge on any atom is 0.339 e. The van der Waals surface area contributed by atoms with Gasteiger partial charge in [-0.2, -0.15) is 4.72 Å². The first-order valence-corrected chi connectivity index (χ1v) is 10.3. The number of esters is 1. The Labute approximate surface area is 168 Å². The summed E-state index contributed by atoms with van der Waals surface area (Å²) < 4.78 is 32.5. The summed E-state index contributed by atoms with van der Waals surface area (Å²) in [6.45, 7) is 1.43. The molecule has 0 fully saturated rings. The number of para-hydroxylation sites is 1. The van der Waals surface area contributed by atoms with Crippen LogP contribution in [0.2, 0.25) is 0 Å². The first-order valence-electron chi connectivity index (χ1n) is 8.81. The summed E-state index contributed by atoms with van der Waals surface area (Å²) in [5, 5.41) is 4.25. The number of carbonyl (C=O) groups excluding carboxylic acids is 2. The van der Waals surface area contributed by atoms with Crippen molar-refractivity contribution in [1.29, 1.82) is 0 Å². The molecule has 0 aliphatic heterocycles. The van der Waals surface area contributed by atoms with Gasteiger partial charge in [0.15, 0.2) is 0 Å². The maximum atomic E-state index is 12.7.